The minimum atomic E-state index is -0.644. The first-order chi connectivity index (χ1) is 9.18. The molecular formula is C15H19NO2S. The van der Waals surface area contributed by atoms with Crippen LogP contribution in [0.2, 0.25) is 0 Å². The Morgan fingerprint density at radius 3 is 2.95 bits per heavy atom. The van der Waals surface area contributed by atoms with Gasteiger partial charge in [0.05, 0.1) is 5.60 Å². The Morgan fingerprint density at radius 1 is 1.42 bits per heavy atom. The summed E-state index contributed by atoms with van der Waals surface area (Å²) in [5, 5.41) is 12.8. The Bertz CT molecular complexity index is 485. The molecule has 1 fully saturated rings. The van der Waals surface area contributed by atoms with Crippen LogP contribution in [0.4, 0.5) is 0 Å². The summed E-state index contributed by atoms with van der Waals surface area (Å²) in [7, 11) is 0. The molecule has 2 N–H and O–H groups in total. The molecule has 1 heterocycles. The molecule has 1 aliphatic carbocycles. The molecule has 1 amide bonds. The highest BCUT2D eigenvalue weighted by Gasteiger charge is 2.35. The Kier molecular flexibility index (Phi) is 3.54. The zero-order chi connectivity index (χ0) is 13.3. The molecule has 3 rings (SSSR count). The lowest BCUT2D eigenvalue weighted by Crippen LogP contribution is -2.48. The number of aliphatic hydroxyl groups is 1. The average molecular weight is 277 g/mol. The maximum Gasteiger partial charge on any atom is 0.237 e. The monoisotopic (exact) mass is 277 g/mol. The van der Waals surface area contributed by atoms with Crippen molar-refractivity contribution in [1.82, 2.24) is 5.32 Å². The second-order valence-corrected chi connectivity index (χ2v) is 6.71. The van der Waals surface area contributed by atoms with Gasteiger partial charge in [0.15, 0.2) is 0 Å². The molecule has 1 atom stereocenters. The van der Waals surface area contributed by atoms with E-state index < -0.39 is 5.60 Å². The van der Waals surface area contributed by atoms with Crippen LogP contribution in [0.3, 0.4) is 0 Å². The van der Waals surface area contributed by atoms with E-state index in [0.717, 1.165) is 37.0 Å². The van der Waals surface area contributed by atoms with Gasteiger partial charge in [-0.3, -0.25) is 4.79 Å². The SMILES string of the molecule is O=C(NCC1(O)CCC1)C1SCCc2ccccc21. The van der Waals surface area contributed by atoms with Gasteiger partial charge in [-0.15, -0.1) is 11.8 Å². The lowest BCUT2D eigenvalue weighted by Gasteiger charge is -2.37. The number of benzene rings is 1. The maximum absolute atomic E-state index is 12.3. The highest BCUT2D eigenvalue weighted by molar-refractivity contribution is 8.00. The molecule has 0 spiro atoms. The third kappa shape index (κ3) is 2.65. The van der Waals surface area contributed by atoms with Gasteiger partial charge >= 0.3 is 0 Å². The first-order valence-corrected chi connectivity index (χ1v) is 7.92. The van der Waals surface area contributed by atoms with Gasteiger partial charge in [-0.1, -0.05) is 24.3 Å². The second-order valence-electron chi connectivity index (χ2n) is 5.50. The van der Waals surface area contributed by atoms with Crippen molar-refractivity contribution in [2.45, 2.75) is 36.5 Å². The van der Waals surface area contributed by atoms with Crippen LogP contribution in [0.5, 0.6) is 0 Å². The highest BCUT2D eigenvalue weighted by Crippen LogP contribution is 2.37. The van der Waals surface area contributed by atoms with Crippen molar-refractivity contribution in [1.29, 1.82) is 0 Å². The summed E-state index contributed by atoms with van der Waals surface area (Å²) >= 11 is 1.70. The predicted octanol–water partition coefficient (Wildman–Crippen LogP) is 2.05. The van der Waals surface area contributed by atoms with E-state index >= 15 is 0 Å². The summed E-state index contributed by atoms with van der Waals surface area (Å²) in [5.41, 5.74) is 1.77. The van der Waals surface area contributed by atoms with Gasteiger partial charge in [-0.05, 0) is 42.6 Å². The molecule has 2 aliphatic rings. The zero-order valence-electron chi connectivity index (χ0n) is 10.9. The van der Waals surface area contributed by atoms with Crippen molar-refractivity contribution in [3.8, 4) is 0 Å². The van der Waals surface area contributed by atoms with Gasteiger partial charge in [0.1, 0.15) is 5.25 Å². The number of carbonyl (C=O) groups excluding carboxylic acids is 1. The van der Waals surface area contributed by atoms with Crippen LogP contribution in [-0.4, -0.2) is 28.9 Å². The second kappa shape index (κ2) is 5.17. The number of carbonyl (C=O) groups is 1. The number of aryl methyl sites for hydroxylation is 1. The fourth-order valence-corrected chi connectivity index (χ4v) is 3.93. The summed E-state index contributed by atoms with van der Waals surface area (Å²) in [6.45, 7) is 0.394. The molecule has 0 saturated heterocycles. The van der Waals surface area contributed by atoms with Gasteiger partial charge in [0.25, 0.3) is 0 Å². The van der Waals surface area contributed by atoms with E-state index in [1.807, 2.05) is 18.2 Å². The highest BCUT2D eigenvalue weighted by atomic mass is 32.2. The third-order valence-corrected chi connectivity index (χ3v) is 5.35. The van der Waals surface area contributed by atoms with Crippen molar-refractivity contribution in [3.63, 3.8) is 0 Å². The van der Waals surface area contributed by atoms with Crippen LogP contribution in [0, 0.1) is 0 Å². The molecule has 0 radical (unpaired) electrons. The fraction of sp³-hybridized carbons (Fsp3) is 0.533. The number of hydrogen-bond donors (Lipinski definition) is 2. The van der Waals surface area contributed by atoms with Gasteiger partial charge in [-0.2, -0.15) is 0 Å². The first-order valence-electron chi connectivity index (χ1n) is 6.87. The molecule has 102 valence electrons. The molecular weight excluding hydrogens is 258 g/mol. The molecule has 19 heavy (non-hydrogen) atoms. The van der Waals surface area contributed by atoms with Gasteiger partial charge in [0, 0.05) is 6.54 Å². The summed E-state index contributed by atoms with van der Waals surface area (Å²) in [5.74, 6) is 1.02. The maximum atomic E-state index is 12.3. The van der Waals surface area contributed by atoms with Crippen molar-refractivity contribution >= 4 is 17.7 Å². The van der Waals surface area contributed by atoms with Crippen LogP contribution in [0.25, 0.3) is 0 Å². The quantitative estimate of drug-likeness (QED) is 0.889. The van der Waals surface area contributed by atoms with Gasteiger partial charge in [0.2, 0.25) is 5.91 Å². The Labute approximate surface area is 117 Å². The largest absolute Gasteiger partial charge is 0.388 e. The van der Waals surface area contributed by atoms with Crippen molar-refractivity contribution < 1.29 is 9.90 Å². The Hall–Kier alpha value is -1.00. The summed E-state index contributed by atoms with van der Waals surface area (Å²) in [6, 6.07) is 8.17. The van der Waals surface area contributed by atoms with Crippen LogP contribution in [-0.2, 0) is 11.2 Å². The fourth-order valence-electron chi connectivity index (χ4n) is 2.72. The standard InChI is InChI=1S/C15H19NO2S/c17-14(16-10-15(18)7-3-8-15)13-12-5-2-1-4-11(12)6-9-19-13/h1-2,4-5,13,18H,3,6-10H2,(H,16,17). The predicted molar refractivity (Wildman–Crippen MR) is 77.2 cm³/mol. The minimum Gasteiger partial charge on any atom is -0.388 e. The van der Waals surface area contributed by atoms with E-state index in [1.165, 1.54) is 5.56 Å². The van der Waals surface area contributed by atoms with Crippen LogP contribution in [0.1, 0.15) is 35.6 Å². The van der Waals surface area contributed by atoms with Gasteiger partial charge < -0.3 is 10.4 Å². The van der Waals surface area contributed by atoms with Gasteiger partial charge in [-0.25, -0.2) is 0 Å². The number of hydrogen-bond acceptors (Lipinski definition) is 3. The molecule has 1 saturated carbocycles. The number of rotatable bonds is 3. The van der Waals surface area contributed by atoms with Crippen molar-refractivity contribution in [3.05, 3.63) is 35.4 Å². The van der Waals surface area contributed by atoms with E-state index in [4.69, 9.17) is 0 Å². The van der Waals surface area contributed by atoms with E-state index in [0.29, 0.717) is 6.54 Å². The Morgan fingerprint density at radius 2 is 2.21 bits per heavy atom. The first kappa shape index (κ1) is 13.0. The molecule has 0 bridgehead atoms. The Balaban J connectivity index is 1.67. The summed E-state index contributed by atoms with van der Waals surface area (Å²) in [4.78, 5) is 12.3. The van der Waals surface area contributed by atoms with E-state index in [2.05, 4.69) is 11.4 Å². The number of fused-ring (bicyclic) bond motifs is 1. The van der Waals surface area contributed by atoms with Crippen molar-refractivity contribution in [2.75, 3.05) is 12.3 Å². The van der Waals surface area contributed by atoms with Crippen molar-refractivity contribution in [2.24, 2.45) is 0 Å². The number of amides is 1. The molecule has 3 nitrogen and oxygen atoms in total. The molecule has 0 aromatic heterocycles. The zero-order valence-corrected chi connectivity index (χ0v) is 11.7. The third-order valence-electron chi connectivity index (χ3n) is 4.11. The summed E-state index contributed by atoms with van der Waals surface area (Å²) in [6.07, 6.45) is 3.71. The summed E-state index contributed by atoms with van der Waals surface area (Å²) < 4.78 is 0. The van der Waals surface area contributed by atoms with Crippen LogP contribution in [0.15, 0.2) is 24.3 Å². The molecule has 1 aromatic carbocycles. The topological polar surface area (TPSA) is 49.3 Å². The molecule has 1 aromatic rings. The molecule has 1 unspecified atom stereocenters. The van der Waals surface area contributed by atoms with Crippen LogP contribution < -0.4 is 5.32 Å². The molecule has 4 heteroatoms. The average Bonchev–Trinajstić information content (AvgIpc) is 2.42. The number of nitrogens with one attached hydrogen (secondary N) is 1. The molecule has 1 aliphatic heterocycles. The lowest BCUT2D eigenvalue weighted by molar-refractivity contribution is -0.123. The smallest absolute Gasteiger partial charge is 0.237 e. The lowest BCUT2D eigenvalue weighted by atomic mass is 9.80. The minimum absolute atomic E-state index is 0.0393. The normalized spacial score (nSPS) is 24.2. The van der Waals surface area contributed by atoms with E-state index in [-0.39, 0.29) is 11.2 Å². The van der Waals surface area contributed by atoms with E-state index in [9.17, 15) is 9.90 Å². The van der Waals surface area contributed by atoms with E-state index in [1.54, 1.807) is 11.8 Å². The number of thioether (sulfide) groups is 1. The van der Waals surface area contributed by atoms with Crippen LogP contribution >= 0.6 is 11.8 Å².